The van der Waals surface area contributed by atoms with Gasteiger partial charge < -0.3 is 25.0 Å². The van der Waals surface area contributed by atoms with E-state index in [9.17, 15) is 23.8 Å². The van der Waals surface area contributed by atoms with Gasteiger partial charge in [0, 0.05) is 68.2 Å². The molecule has 0 fully saturated rings. The number of nitrogens with one attached hydrogen (secondary N) is 1. The van der Waals surface area contributed by atoms with E-state index in [-0.39, 0.29) is 28.2 Å². The summed E-state index contributed by atoms with van der Waals surface area (Å²) in [5.74, 6) is -4.00. The van der Waals surface area contributed by atoms with Gasteiger partial charge in [0.2, 0.25) is 0 Å². The van der Waals surface area contributed by atoms with Crippen LogP contribution in [0.15, 0.2) is 91.4 Å². The fourth-order valence-corrected chi connectivity index (χ4v) is 5.89. The zero-order valence-electron chi connectivity index (χ0n) is 23.7. The Morgan fingerprint density at radius 1 is 0.844 bits per heavy atom. The van der Waals surface area contributed by atoms with Crippen LogP contribution in [0.25, 0.3) is 0 Å². The highest BCUT2D eigenvalue weighted by molar-refractivity contribution is 5.98. The monoisotopic (exact) mass is 608 g/mol. The van der Waals surface area contributed by atoms with Crippen molar-refractivity contribution in [2.24, 2.45) is 0 Å². The number of esters is 1. The number of anilines is 1. The number of fused-ring (bicyclic) bond motifs is 6. The number of aromatic nitrogens is 2. The van der Waals surface area contributed by atoms with Crippen molar-refractivity contribution in [3.63, 3.8) is 0 Å². The SMILES string of the molecule is O=C1OC2(c3cc(F)c(O)cc3Oc3cc(O)c(F)cc32)c2ccc(NCCN(Cc3cccnc3)Cc3ccccn3)cc21. The van der Waals surface area contributed by atoms with Crippen LogP contribution >= 0.6 is 0 Å². The normalized spacial score (nSPS) is 14.0. The number of carbonyl (C=O) groups is 1. The first-order valence-electron chi connectivity index (χ1n) is 14.2. The fraction of sp³-hybridized carbons (Fsp3) is 0.147. The summed E-state index contributed by atoms with van der Waals surface area (Å²) in [6.07, 6.45) is 5.32. The van der Waals surface area contributed by atoms with Crippen molar-refractivity contribution >= 4 is 11.7 Å². The average Bonchev–Trinajstić information content (AvgIpc) is 3.32. The third kappa shape index (κ3) is 5.06. The lowest BCUT2D eigenvalue weighted by molar-refractivity contribution is 0.0221. The maximum atomic E-state index is 14.7. The van der Waals surface area contributed by atoms with Crippen LogP contribution in [0.3, 0.4) is 0 Å². The van der Waals surface area contributed by atoms with Crippen molar-refractivity contribution in [2.45, 2.75) is 18.7 Å². The van der Waals surface area contributed by atoms with E-state index in [1.54, 1.807) is 30.6 Å². The first kappa shape index (κ1) is 28.2. The Kier molecular flexibility index (Phi) is 7.01. The molecule has 5 aromatic rings. The summed E-state index contributed by atoms with van der Waals surface area (Å²) in [5, 5.41) is 23.4. The summed E-state index contributed by atoms with van der Waals surface area (Å²) < 4.78 is 41.2. The molecule has 0 unspecified atom stereocenters. The molecule has 0 saturated carbocycles. The highest BCUT2D eigenvalue weighted by Crippen LogP contribution is 2.57. The third-order valence-corrected chi connectivity index (χ3v) is 7.94. The summed E-state index contributed by atoms with van der Waals surface area (Å²) in [4.78, 5) is 24.3. The molecule has 2 aliphatic heterocycles. The molecule has 4 heterocycles. The molecule has 0 radical (unpaired) electrons. The molecular weight excluding hydrogens is 582 g/mol. The van der Waals surface area contributed by atoms with Crippen molar-refractivity contribution in [3.8, 4) is 23.0 Å². The van der Waals surface area contributed by atoms with Gasteiger partial charge in [0.25, 0.3) is 0 Å². The summed E-state index contributed by atoms with van der Waals surface area (Å²) in [7, 11) is 0. The van der Waals surface area contributed by atoms with Gasteiger partial charge in [0.15, 0.2) is 28.7 Å². The van der Waals surface area contributed by atoms with Crippen molar-refractivity contribution in [1.82, 2.24) is 14.9 Å². The van der Waals surface area contributed by atoms with E-state index in [1.807, 2.05) is 36.5 Å². The van der Waals surface area contributed by atoms with E-state index in [0.717, 1.165) is 35.5 Å². The van der Waals surface area contributed by atoms with Gasteiger partial charge in [-0.1, -0.05) is 18.2 Å². The molecule has 0 atom stereocenters. The zero-order valence-corrected chi connectivity index (χ0v) is 23.7. The number of phenols is 2. The van der Waals surface area contributed by atoms with E-state index in [0.29, 0.717) is 37.4 Å². The second-order valence-corrected chi connectivity index (χ2v) is 10.9. The van der Waals surface area contributed by atoms with Gasteiger partial charge in [0.05, 0.1) is 22.4 Å². The molecule has 0 amide bonds. The van der Waals surface area contributed by atoms with E-state index in [1.165, 1.54) is 0 Å². The number of benzene rings is 3. The van der Waals surface area contributed by atoms with Gasteiger partial charge in [0.1, 0.15) is 11.5 Å². The van der Waals surface area contributed by atoms with E-state index in [2.05, 4.69) is 20.2 Å². The topological polar surface area (TPSA) is 117 Å². The minimum Gasteiger partial charge on any atom is -0.505 e. The van der Waals surface area contributed by atoms with Crippen LogP contribution in [0, 0.1) is 11.6 Å². The first-order valence-corrected chi connectivity index (χ1v) is 14.2. The quantitative estimate of drug-likeness (QED) is 0.187. The fourth-order valence-electron chi connectivity index (χ4n) is 5.89. The smallest absolute Gasteiger partial charge is 0.340 e. The predicted molar refractivity (Wildman–Crippen MR) is 159 cm³/mol. The lowest BCUT2D eigenvalue weighted by Crippen LogP contribution is -2.33. The number of ether oxygens (including phenoxy) is 2. The molecular formula is C34H26F2N4O5. The van der Waals surface area contributed by atoms with Gasteiger partial charge in [-0.25, -0.2) is 13.6 Å². The molecule has 0 bridgehead atoms. The molecule has 2 aliphatic rings. The van der Waals surface area contributed by atoms with E-state index < -0.39 is 34.7 Å². The van der Waals surface area contributed by atoms with Gasteiger partial charge in [-0.05, 0) is 48.0 Å². The lowest BCUT2D eigenvalue weighted by atomic mass is 9.77. The number of phenolic OH excluding ortho intramolecular Hbond substituents is 2. The summed E-state index contributed by atoms with van der Waals surface area (Å²) >= 11 is 0. The molecule has 3 aromatic carbocycles. The second-order valence-electron chi connectivity index (χ2n) is 10.9. The average molecular weight is 609 g/mol. The third-order valence-electron chi connectivity index (χ3n) is 7.94. The lowest BCUT2D eigenvalue weighted by Gasteiger charge is -2.36. The molecule has 7 rings (SSSR count). The van der Waals surface area contributed by atoms with Crippen LogP contribution < -0.4 is 10.1 Å². The van der Waals surface area contributed by atoms with Crippen molar-refractivity contribution in [3.05, 3.63) is 137 Å². The Morgan fingerprint density at radius 3 is 2.27 bits per heavy atom. The van der Waals surface area contributed by atoms with Crippen LogP contribution in [0.1, 0.15) is 38.3 Å². The second kappa shape index (κ2) is 11.2. The van der Waals surface area contributed by atoms with Crippen molar-refractivity contribution in [2.75, 3.05) is 18.4 Å². The van der Waals surface area contributed by atoms with Crippen LogP contribution in [0.2, 0.25) is 0 Å². The largest absolute Gasteiger partial charge is 0.505 e. The first-order chi connectivity index (χ1) is 21.8. The summed E-state index contributed by atoms with van der Waals surface area (Å²) in [6, 6.07) is 18.9. The predicted octanol–water partition coefficient (Wildman–Crippen LogP) is 5.85. The Bertz CT molecular complexity index is 1830. The minimum atomic E-state index is -1.78. The standard InChI is InChI=1S/C34H26F2N4O5/c35-27-13-25-31(15-29(27)41)44-32-16-30(42)28(36)14-26(32)34(25)24-7-6-21(12-23(24)33(43)45-34)39-10-11-40(18-20-4-3-8-37-17-20)19-22-5-1-2-9-38-22/h1-9,12-17,39,41-42H,10-11,18-19H2. The Balaban J connectivity index is 1.19. The molecule has 9 nitrogen and oxygen atoms in total. The van der Waals surface area contributed by atoms with E-state index >= 15 is 0 Å². The molecule has 1 spiro atoms. The maximum Gasteiger partial charge on any atom is 0.340 e. The highest BCUT2D eigenvalue weighted by Gasteiger charge is 2.54. The molecule has 45 heavy (non-hydrogen) atoms. The van der Waals surface area contributed by atoms with Crippen LogP contribution in [0.5, 0.6) is 23.0 Å². The zero-order chi connectivity index (χ0) is 31.1. The highest BCUT2D eigenvalue weighted by atomic mass is 19.1. The molecule has 226 valence electrons. The Labute approximate surface area is 256 Å². The minimum absolute atomic E-state index is 0.00290. The molecule has 3 N–H and O–H groups in total. The van der Waals surface area contributed by atoms with Crippen LogP contribution in [-0.2, 0) is 23.4 Å². The molecule has 0 aliphatic carbocycles. The number of hydrogen-bond acceptors (Lipinski definition) is 9. The van der Waals surface area contributed by atoms with Gasteiger partial charge in [-0.3, -0.25) is 14.9 Å². The molecule has 11 heteroatoms. The number of carbonyl (C=O) groups excluding carboxylic acids is 1. The summed E-state index contributed by atoms with van der Waals surface area (Å²) in [5.41, 5.74) is 1.54. The van der Waals surface area contributed by atoms with Crippen molar-refractivity contribution < 1.29 is 33.3 Å². The van der Waals surface area contributed by atoms with Gasteiger partial charge in [-0.2, -0.15) is 0 Å². The number of halogens is 2. The number of aromatic hydroxyl groups is 2. The maximum absolute atomic E-state index is 14.7. The van der Waals surface area contributed by atoms with Gasteiger partial charge >= 0.3 is 5.97 Å². The molecule has 2 aromatic heterocycles. The number of hydrogen-bond donors (Lipinski definition) is 3. The summed E-state index contributed by atoms with van der Waals surface area (Å²) in [6.45, 7) is 2.45. The number of rotatable bonds is 8. The van der Waals surface area contributed by atoms with Gasteiger partial charge in [-0.15, -0.1) is 0 Å². The van der Waals surface area contributed by atoms with Crippen molar-refractivity contribution in [1.29, 1.82) is 0 Å². The number of nitrogens with zero attached hydrogens (tertiary/aromatic N) is 3. The Morgan fingerprint density at radius 2 is 1.60 bits per heavy atom. The Hall–Kier alpha value is -5.55. The van der Waals surface area contributed by atoms with E-state index in [4.69, 9.17) is 9.47 Å². The number of pyridine rings is 2. The molecule has 0 saturated heterocycles. The van der Waals surface area contributed by atoms with Crippen LogP contribution in [0.4, 0.5) is 14.5 Å². The van der Waals surface area contributed by atoms with Crippen LogP contribution in [-0.4, -0.2) is 44.1 Å².